The molecule has 0 aliphatic carbocycles. The van der Waals surface area contributed by atoms with Gasteiger partial charge in [-0.25, -0.2) is 4.79 Å². The van der Waals surface area contributed by atoms with Crippen LogP contribution in [0.4, 0.5) is 0 Å². The molecule has 0 saturated carbocycles. The molecular formula is C18H23NO4. The molecule has 1 aromatic carbocycles. The lowest BCUT2D eigenvalue weighted by molar-refractivity contribution is -0.136. The highest BCUT2D eigenvalue weighted by molar-refractivity contribution is 5.99. The molecule has 0 radical (unpaired) electrons. The molecule has 3 rings (SSSR count). The van der Waals surface area contributed by atoms with Gasteiger partial charge in [0.15, 0.2) is 0 Å². The molecule has 2 heterocycles. The Morgan fingerprint density at radius 3 is 2.65 bits per heavy atom. The Balaban J connectivity index is 1.98. The largest absolute Gasteiger partial charge is 0.466 e. The number of likely N-dealkylation sites (N-methyl/N-ethyl adjacent to an activating group) is 1. The lowest BCUT2D eigenvalue weighted by Gasteiger charge is -2.34. The van der Waals surface area contributed by atoms with Crippen molar-refractivity contribution in [2.75, 3.05) is 28.1 Å². The van der Waals surface area contributed by atoms with E-state index in [2.05, 4.69) is 11.9 Å². The third-order valence-electron chi connectivity index (χ3n) is 4.90. The van der Waals surface area contributed by atoms with Gasteiger partial charge in [0.1, 0.15) is 6.79 Å². The van der Waals surface area contributed by atoms with E-state index in [1.54, 1.807) is 7.11 Å². The maximum Gasteiger partial charge on any atom is 0.335 e. The van der Waals surface area contributed by atoms with Gasteiger partial charge in [-0.3, -0.25) is 4.90 Å². The molecule has 0 aromatic heterocycles. The topological polar surface area (TPSA) is 48.0 Å². The first-order valence-corrected chi connectivity index (χ1v) is 7.86. The summed E-state index contributed by atoms with van der Waals surface area (Å²) in [6.07, 6.45) is 1.62. The number of carbonyl (C=O) groups excluding carboxylic acids is 1. The number of esters is 1. The molecule has 0 N–H and O–H groups in total. The van der Waals surface area contributed by atoms with Gasteiger partial charge in [0, 0.05) is 19.2 Å². The van der Waals surface area contributed by atoms with E-state index in [-0.39, 0.29) is 30.9 Å². The van der Waals surface area contributed by atoms with Gasteiger partial charge in [0.05, 0.1) is 18.8 Å². The molecule has 3 unspecified atom stereocenters. The second-order valence-corrected chi connectivity index (χ2v) is 6.05. The Kier molecular flexibility index (Phi) is 4.80. The van der Waals surface area contributed by atoms with Crippen LogP contribution in [0, 0.1) is 0 Å². The molecular weight excluding hydrogens is 294 g/mol. The molecule has 0 spiro atoms. The fourth-order valence-electron chi connectivity index (χ4n) is 3.77. The average Bonchev–Trinajstić information content (AvgIpc) is 2.79. The molecule has 1 saturated heterocycles. The van der Waals surface area contributed by atoms with E-state index >= 15 is 0 Å². The van der Waals surface area contributed by atoms with Crippen molar-refractivity contribution >= 4 is 11.5 Å². The summed E-state index contributed by atoms with van der Waals surface area (Å²) < 4.78 is 16.0. The zero-order valence-electron chi connectivity index (χ0n) is 13.8. The highest BCUT2D eigenvalue weighted by Crippen LogP contribution is 2.43. The molecule has 2 aliphatic heterocycles. The first-order chi connectivity index (χ1) is 11.2. The molecule has 2 bridgehead atoms. The monoisotopic (exact) mass is 317 g/mol. The minimum atomic E-state index is -0.244. The third kappa shape index (κ3) is 2.92. The summed E-state index contributed by atoms with van der Waals surface area (Å²) in [5, 5.41) is 0. The van der Waals surface area contributed by atoms with Gasteiger partial charge in [-0.15, -0.1) is 0 Å². The van der Waals surface area contributed by atoms with Gasteiger partial charge >= 0.3 is 5.97 Å². The van der Waals surface area contributed by atoms with Crippen molar-refractivity contribution < 1.29 is 19.0 Å². The number of rotatable bonds is 5. The van der Waals surface area contributed by atoms with Crippen LogP contribution in [-0.2, 0) is 19.0 Å². The predicted molar refractivity (Wildman–Crippen MR) is 86.7 cm³/mol. The number of benzene rings is 1. The fraction of sp³-hybridized carbons (Fsp3) is 0.500. The van der Waals surface area contributed by atoms with Gasteiger partial charge in [-0.2, -0.15) is 0 Å². The number of hydrogen-bond donors (Lipinski definition) is 0. The number of ether oxygens (including phenoxy) is 3. The van der Waals surface area contributed by atoms with E-state index < -0.39 is 0 Å². The summed E-state index contributed by atoms with van der Waals surface area (Å²) in [5.74, 6) is -0.244. The van der Waals surface area contributed by atoms with E-state index in [1.807, 2.05) is 30.3 Å². The fourth-order valence-corrected chi connectivity index (χ4v) is 3.77. The molecule has 5 heteroatoms. The van der Waals surface area contributed by atoms with Crippen LogP contribution in [0.5, 0.6) is 0 Å². The Labute approximate surface area is 136 Å². The van der Waals surface area contributed by atoms with E-state index in [9.17, 15) is 4.79 Å². The van der Waals surface area contributed by atoms with Crippen molar-refractivity contribution in [2.45, 2.75) is 31.0 Å². The van der Waals surface area contributed by atoms with E-state index in [0.717, 1.165) is 29.6 Å². The van der Waals surface area contributed by atoms with Crippen molar-refractivity contribution in [3.05, 3.63) is 41.5 Å². The molecule has 23 heavy (non-hydrogen) atoms. The predicted octanol–water partition coefficient (Wildman–Crippen LogP) is 2.08. The highest BCUT2D eigenvalue weighted by Gasteiger charge is 2.48. The summed E-state index contributed by atoms with van der Waals surface area (Å²) in [5.41, 5.74) is 2.93. The molecule has 5 nitrogen and oxygen atoms in total. The Hall–Kier alpha value is -1.69. The normalized spacial score (nSPS) is 27.3. The number of nitrogens with zero attached hydrogens (tertiary/aromatic N) is 1. The summed E-state index contributed by atoms with van der Waals surface area (Å²) in [7, 11) is 5.12. The summed E-state index contributed by atoms with van der Waals surface area (Å²) >= 11 is 0. The number of methoxy groups -OCH3 is 2. The highest BCUT2D eigenvalue weighted by atomic mass is 16.7. The van der Waals surface area contributed by atoms with Crippen molar-refractivity contribution in [2.24, 2.45) is 0 Å². The van der Waals surface area contributed by atoms with E-state index in [1.165, 1.54) is 7.11 Å². The minimum absolute atomic E-state index is 0.0262. The van der Waals surface area contributed by atoms with Gasteiger partial charge in [0.25, 0.3) is 0 Å². The molecule has 1 aromatic rings. The molecule has 0 amide bonds. The number of hydrogen-bond acceptors (Lipinski definition) is 5. The van der Waals surface area contributed by atoms with Crippen molar-refractivity contribution in [1.29, 1.82) is 0 Å². The summed E-state index contributed by atoms with van der Waals surface area (Å²) in [4.78, 5) is 14.7. The van der Waals surface area contributed by atoms with Crippen LogP contribution in [0.1, 0.15) is 18.4 Å². The molecule has 3 atom stereocenters. The second kappa shape index (κ2) is 6.83. The number of fused-ring (bicyclic) bond motifs is 2. The lowest BCUT2D eigenvalue weighted by atomic mass is 9.88. The minimum Gasteiger partial charge on any atom is -0.466 e. The van der Waals surface area contributed by atoms with E-state index in [0.29, 0.717) is 0 Å². The Morgan fingerprint density at radius 2 is 2.00 bits per heavy atom. The Bertz CT molecular complexity index is 598. The maximum atomic E-state index is 12.4. The standard InChI is InChI=1S/C18H23NO4/c1-19-14-9-13(12-7-5-4-6-8-12)17(18(20)22-3)15(19)10-16(14)23-11-21-2/h4-8,14-16H,9-11H2,1-3H3. The van der Waals surface area contributed by atoms with Gasteiger partial charge in [-0.1, -0.05) is 30.3 Å². The first-order valence-electron chi connectivity index (χ1n) is 7.86. The van der Waals surface area contributed by atoms with Crippen molar-refractivity contribution in [1.82, 2.24) is 4.90 Å². The maximum absolute atomic E-state index is 12.4. The molecule has 2 aliphatic rings. The van der Waals surface area contributed by atoms with Crippen LogP contribution in [0.3, 0.4) is 0 Å². The molecule has 124 valence electrons. The third-order valence-corrected chi connectivity index (χ3v) is 4.90. The molecule has 1 fully saturated rings. The zero-order valence-corrected chi connectivity index (χ0v) is 13.8. The van der Waals surface area contributed by atoms with Crippen molar-refractivity contribution in [3.63, 3.8) is 0 Å². The van der Waals surface area contributed by atoms with E-state index in [4.69, 9.17) is 14.2 Å². The smallest absolute Gasteiger partial charge is 0.335 e. The van der Waals surface area contributed by atoms with Crippen LogP contribution in [0.15, 0.2) is 35.9 Å². The van der Waals surface area contributed by atoms with Crippen LogP contribution < -0.4 is 0 Å². The zero-order chi connectivity index (χ0) is 16.4. The first kappa shape index (κ1) is 16.2. The quantitative estimate of drug-likeness (QED) is 0.615. The van der Waals surface area contributed by atoms with Crippen LogP contribution in [0.2, 0.25) is 0 Å². The second-order valence-electron chi connectivity index (χ2n) is 6.05. The van der Waals surface area contributed by atoms with Crippen molar-refractivity contribution in [3.8, 4) is 0 Å². The SMILES string of the molecule is COCOC1CC2C(C(=O)OC)=C(c3ccccc3)CC1N2C. The Morgan fingerprint density at radius 1 is 1.26 bits per heavy atom. The summed E-state index contributed by atoms with van der Waals surface area (Å²) in [6, 6.07) is 10.3. The van der Waals surface area contributed by atoms with Crippen LogP contribution in [-0.4, -0.2) is 57.1 Å². The lowest BCUT2D eigenvalue weighted by Crippen LogP contribution is -2.42. The average molecular weight is 317 g/mol. The van der Waals surface area contributed by atoms with Crippen LogP contribution >= 0.6 is 0 Å². The van der Waals surface area contributed by atoms with Gasteiger partial charge < -0.3 is 14.2 Å². The van der Waals surface area contributed by atoms with Gasteiger partial charge in [0.2, 0.25) is 0 Å². The van der Waals surface area contributed by atoms with Gasteiger partial charge in [-0.05, 0) is 31.0 Å². The number of carbonyl (C=O) groups is 1. The van der Waals surface area contributed by atoms with Crippen LogP contribution in [0.25, 0.3) is 5.57 Å². The summed E-state index contributed by atoms with van der Waals surface area (Å²) in [6.45, 7) is 0.274.